The van der Waals surface area contributed by atoms with E-state index in [1.165, 1.54) is 29.1 Å². The zero-order valence-electron chi connectivity index (χ0n) is 17.8. The van der Waals surface area contributed by atoms with Crippen molar-refractivity contribution in [2.24, 2.45) is 0 Å². The number of nitrogens with zero attached hydrogens (tertiary/aromatic N) is 5. The summed E-state index contributed by atoms with van der Waals surface area (Å²) in [4.78, 5) is 22.4. The Bertz CT molecular complexity index is 1140. The molecule has 1 unspecified atom stereocenters. The number of hydrogen-bond acceptors (Lipinski definition) is 5. The summed E-state index contributed by atoms with van der Waals surface area (Å²) in [6.45, 7) is 1.91. The Kier molecular flexibility index (Phi) is 5.62. The van der Waals surface area contributed by atoms with Gasteiger partial charge in [0.05, 0.1) is 36.6 Å². The van der Waals surface area contributed by atoms with Crippen LogP contribution in [0.2, 0.25) is 0 Å². The Labute approximate surface area is 182 Å². The van der Waals surface area contributed by atoms with E-state index < -0.39 is 11.9 Å². The summed E-state index contributed by atoms with van der Waals surface area (Å²) in [7, 11) is 3.01. The minimum atomic E-state index is -4.53. The maximum atomic E-state index is 13.6. The largest absolute Gasteiger partial charge is 0.467 e. The second-order valence-electron chi connectivity index (χ2n) is 7.76. The number of benzene rings is 1. The first-order chi connectivity index (χ1) is 15.2. The molecule has 1 aromatic carbocycles. The molecule has 0 spiro atoms. The summed E-state index contributed by atoms with van der Waals surface area (Å²) in [5.41, 5.74) is 1.14. The van der Waals surface area contributed by atoms with Crippen molar-refractivity contribution >= 4 is 11.6 Å². The molecule has 0 bridgehead atoms. The van der Waals surface area contributed by atoms with Gasteiger partial charge in [0, 0.05) is 18.2 Å². The molecule has 32 heavy (non-hydrogen) atoms. The summed E-state index contributed by atoms with van der Waals surface area (Å²) in [5.74, 6) is -0.424. The van der Waals surface area contributed by atoms with Crippen LogP contribution in [0.1, 0.15) is 53.0 Å². The predicted molar refractivity (Wildman–Crippen MR) is 111 cm³/mol. The van der Waals surface area contributed by atoms with E-state index >= 15 is 0 Å². The molecule has 3 aromatic rings. The summed E-state index contributed by atoms with van der Waals surface area (Å²) >= 11 is 0. The molecule has 168 valence electrons. The number of aromatic nitrogens is 4. The number of carbonyl (C=O) groups excluding carboxylic acids is 1. The van der Waals surface area contributed by atoms with Crippen LogP contribution in [0.3, 0.4) is 0 Å². The van der Waals surface area contributed by atoms with E-state index in [1.54, 1.807) is 31.3 Å². The van der Waals surface area contributed by atoms with Crippen molar-refractivity contribution < 1.29 is 22.7 Å². The number of carbonyl (C=O) groups is 1. The van der Waals surface area contributed by atoms with Crippen LogP contribution in [0.5, 0.6) is 6.01 Å². The fourth-order valence-electron chi connectivity index (χ4n) is 4.03. The van der Waals surface area contributed by atoms with Crippen LogP contribution in [-0.2, 0) is 12.6 Å². The highest BCUT2D eigenvalue weighted by Gasteiger charge is 2.41. The molecule has 0 fully saturated rings. The molecule has 2 aromatic heterocycles. The number of alkyl halides is 3. The molecule has 4 rings (SSSR count). The summed E-state index contributed by atoms with van der Waals surface area (Å²) < 4.78 is 47.2. The molecule has 10 heteroatoms. The number of rotatable bonds is 4. The standard InChI is InChI=1S/C22H22F3N5O2/c1-13-6-4-9-17-18(13)30(28-19(17)22(23,24)25)15-8-5-7-14(10-15)20(31)29(2)16-11-26-21(32-3)27-12-16/h5,7-8,10-13H,4,6,9H2,1-3H3. The SMILES string of the molecule is COc1ncc(N(C)C(=O)c2cccc(-n3nc(C(F)(F)F)c4c3C(C)CCC4)c2)cn1. The molecular weight excluding hydrogens is 423 g/mol. The third-order valence-electron chi connectivity index (χ3n) is 5.65. The van der Waals surface area contributed by atoms with Gasteiger partial charge in [-0.05, 0) is 43.4 Å². The van der Waals surface area contributed by atoms with Gasteiger partial charge < -0.3 is 9.64 Å². The Hall–Kier alpha value is -3.43. The van der Waals surface area contributed by atoms with Gasteiger partial charge in [-0.2, -0.15) is 18.3 Å². The van der Waals surface area contributed by atoms with Gasteiger partial charge in [0.15, 0.2) is 5.69 Å². The number of anilines is 1. The highest BCUT2D eigenvalue weighted by molar-refractivity contribution is 6.05. The van der Waals surface area contributed by atoms with E-state index in [9.17, 15) is 18.0 Å². The molecule has 2 heterocycles. The van der Waals surface area contributed by atoms with E-state index in [0.717, 1.165) is 6.42 Å². The van der Waals surface area contributed by atoms with Crippen molar-refractivity contribution in [3.8, 4) is 11.7 Å². The molecule has 1 atom stereocenters. The van der Waals surface area contributed by atoms with Gasteiger partial charge in [-0.15, -0.1) is 0 Å². The number of methoxy groups -OCH3 is 1. The molecule has 1 amide bonds. The topological polar surface area (TPSA) is 73.1 Å². The van der Waals surface area contributed by atoms with Gasteiger partial charge >= 0.3 is 12.2 Å². The lowest BCUT2D eigenvalue weighted by Crippen LogP contribution is -2.26. The van der Waals surface area contributed by atoms with E-state index in [2.05, 4.69) is 15.1 Å². The molecule has 0 N–H and O–H groups in total. The van der Waals surface area contributed by atoms with E-state index in [0.29, 0.717) is 35.5 Å². The van der Waals surface area contributed by atoms with Crippen molar-refractivity contribution in [1.29, 1.82) is 0 Å². The second-order valence-corrected chi connectivity index (χ2v) is 7.76. The highest BCUT2D eigenvalue weighted by atomic mass is 19.4. The molecule has 1 aliphatic carbocycles. The van der Waals surface area contributed by atoms with Gasteiger partial charge in [-0.3, -0.25) is 4.79 Å². The first-order valence-electron chi connectivity index (χ1n) is 10.1. The van der Waals surface area contributed by atoms with E-state index in [1.807, 2.05) is 6.92 Å². The molecule has 0 aliphatic heterocycles. The number of hydrogen-bond donors (Lipinski definition) is 0. The minimum absolute atomic E-state index is 0.0687. The van der Waals surface area contributed by atoms with Crippen LogP contribution >= 0.6 is 0 Å². The number of amides is 1. The van der Waals surface area contributed by atoms with Crippen LogP contribution in [0.25, 0.3) is 5.69 Å². The van der Waals surface area contributed by atoms with E-state index in [4.69, 9.17) is 4.74 Å². The molecule has 7 nitrogen and oxygen atoms in total. The van der Waals surface area contributed by atoms with Gasteiger partial charge in [0.2, 0.25) is 0 Å². The number of fused-ring (bicyclic) bond motifs is 1. The lowest BCUT2D eigenvalue weighted by molar-refractivity contribution is -0.142. The zero-order valence-corrected chi connectivity index (χ0v) is 17.8. The second kappa shape index (κ2) is 8.25. The van der Waals surface area contributed by atoms with Crippen molar-refractivity contribution in [2.75, 3.05) is 19.1 Å². The quantitative estimate of drug-likeness (QED) is 0.595. The average molecular weight is 445 g/mol. The monoisotopic (exact) mass is 445 g/mol. The molecule has 0 saturated carbocycles. The van der Waals surface area contributed by atoms with Gasteiger partial charge in [-0.1, -0.05) is 13.0 Å². The normalized spacial score (nSPS) is 15.9. The first-order valence-corrected chi connectivity index (χ1v) is 10.1. The molecule has 1 aliphatic rings. The van der Waals surface area contributed by atoms with Crippen LogP contribution in [0.15, 0.2) is 36.7 Å². The summed E-state index contributed by atoms with van der Waals surface area (Å²) in [5, 5.41) is 3.94. The van der Waals surface area contributed by atoms with Gasteiger partial charge in [0.25, 0.3) is 5.91 Å². The Morgan fingerprint density at radius 1 is 1.25 bits per heavy atom. The Morgan fingerprint density at radius 3 is 2.62 bits per heavy atom. The fraction of sp³-hybridized carbons (Fsp3) is 0.364. The fourth-order valence-corrected chi connectivity index (χ4v) is 4.03. The van der Waals surface area contributed by atoms with Crippen LogP contribution in [0.4, 0.5) is 18.9 Å². The van der Waals surface area contributed by atoms with E-state index in [-0.39, 0.29) is 23.4 Å². The Balaban J connectivity index is 1.72. The average Bonchev–Trinajstić information content (AvgIpc) is 3.20. The number of ether oxygens (including phenoxy) is 1. The molecular formula is C22H22F3N5O2. The Morgan fingerprint density at radius 2 is 1.97 bits per heavy atom. The number of halogens is 3. The summed E-state index contributed by atoms with van der Waals surface area (Å²) in [6, 6.07) is 6.63. The van der Waals surface area contributed by atoms with Gasteiger partial charge in [0.1, 0.15) is 0 Å². The predicted octanol–water partition coefficient (Wildman–Crippen LogP) is 4.41. The summed E-state index contributed by atoms with van der Waals surface area (Å²) in [6.07, 6.45) is 0.191. The third kappa shape index (κ3) is 3.92. The highest BCUT2D eigenvalue weighted by Crippen LogP contribution is 2.40. The zero-order chi connectivity index (χ0) is 23.0. The smallest absolute Gasteiger partial charge is 0.435 e. The third-order valence-corrected chi connectivity index (χ3v) is 5.65. The first kappa shape index (κ1) is 21.8. The van der Waals surface area contributed by atoms with Crippen molar-refractivity contribution in [1.82, 2.24) is 19.7 Å². The molecule has 0 radical (unpaired) electrons. The lowest BCUT2D eigenvalue weighted by atomic mass is 9.87. The van der Waals surface area contributed by atoms with Gasteiger partial charge in [-0.25, -0.2) is 14.6 Å². The van der Waals surface area contributed by atoms with Crippen LogP contribution in [-0.4, -0.2) is 39.8 Å². The van der Waals surface area contributed by atoms with Crippen molar-refractivity contribution in [3.05, 3.63) is 59.2 Å². The van der Waals surface area contributed by atoms with Crippen LogP contribution < -0.4 is 9.64 Å². The maximum absolute atomic E-state index is 13.6. The van der Waals surface area contributed by atoms with Crippen molar-refractivity contribution in [3.63, 3.8) is 0 Å². The molecule has 0 saturated heterocycles. The van der Waals surface area contributed by atoms with Crippen LogP contribution in [0, 0.1) is 0 Å². The van der Waals surface area contributed by atoms with Crippen molar-refractivity contribution in [2.45, 2.75) is 38.3 Å². The lowest BCUT2D eigenvalue weighted by Gasteiger charge is -2.22. The maximum Gasteiger partial charge on any atom is 0.435 e. The minimum Gasteiger partial charge on any atom is -0.467 e.